The zero-order chi connectivity index (χ0) is 12.9. The van der Waals surface area contributed by atoms with Gasteiger partial charge in [-0.3, -0.25) is 4.79 Å². The summed E-state index contributed by atoms with van der Waals surface area (Å²) in [5.41, 5.74) is -0.409. The maximum Gasteiger partial charge on any atom is 0.416 e. The normalized spacial score (nSPS) is 11.0. The van der Waals surface area contributed by atoms with Crippen LogP contribution < -0.4 is 5.32 Å². The van der Waals surface area contributed by atoms with Crippen molar-refractivity contribution in [2.75, 3.05) is 6.54 Å². The molecule has 0 aliphatic carbocycles. The SMILES string of the molecule is C=CCNC(=O)Cc1cccc(C(F)(F)F)c1. The fourth-order valence-electron chi connectivity index (χ4n) is 1.29. The van der Waals surface area contributed by atoms with E-state index in [2.05, 4.69) is 11.9 Å². The Morgan fingerprint density at radius 2 is 2.12 bits per heavy atom. The fourth-order valence-corrected chi connectivity index (χ4v) is 1.29. The van der Waals surface area contributed by atoms with E-state index in [1.165, 1.54) is 18.2 Å². The highest BCUT2D eigenvalue weighted by atomic mass is 19.4. The second kappa shape index (κ2) is 5.52. The van der Waals surface area contributed by atoms with Crippen LogP contribution in [0.15, 0.2) is 36.9 Å². The highest BCUT2D eigenvalue weighted by molar-refractivity contribution is 5.78. The van der Waals surface area contributed by atoms with Gasteiger partial charge >= 0.3 is 6.18 Å². The quantitative estimate of drug-likeness (QED) is 0.809. The Kier molecular flexibility index (Phi) is 4.31. The largest absolute Gasteiger partial charge is 0.416 e. The minimum Gasteiger partial charge on any atom is -0.352 e. The Morgan fingerprint density at radius 1 is 1.41 bits per heavy atom. The van der Waals surface area contributed by atoms with Gasteiger partial charge in [-0.15, -0.1) is 6.58 Å². The first-order valence-corrected chi connectivity index (χ1v) is 4.97. The third-order valence-electron chi connectivity index (χ3n) is 2.06. The topological polar surface area (TPSA) is 29.1 Å². The molecule has 0 aliphatic heterocycles. The summed E-state index contributed by atoms with van der Waals surface area (Å²) in [6.07, 6.45) is -2.95. The van der Waals surface area contributed by atoms with Gasteiger partial charge < -0.3 is 5.32 Å². The maximum atomic E-state index is 12.4. The third kappa shape index (κ3) is 4.30. The van der Waals surface area contributed by atoms with E-state index >= 15 is 0 Å². The second-order valence-corrected chi connectivity index (χ2v) is 3.47. The van der Waals surface area contributed by atoms with Crippen molar-refractivity contribution in [3.63, 3.8) is 0 Å². The van der Waals surface area contributed by atoms with Crippen LogP contribution in [-0.2, 0) is 17.4 Å². The van der Waals surface area contributed by atoms with Gasteiger partial charge in [0.25, 0.3) is 0 Å². The molecule has 0 aromatic heterocycles. The van der Waals surface area contributed by atoms with E-state index in [0.29, 0.717) is 12.1 Å². The Balaban J connectivity index is 2.72. The molecular formula is C12H12F3NO. The monoisotopic (exact) mass is 243 g/mol. The first kappa shape index (κ1) is 13.3. The number of carbonyl (C=O) groups is 1. The van der Waals surface area contributed by atoms with Crippen molar-refractivity contribution in [3.8, 4) is 0 Å². The van der Waals surface area contributed by atoms with Crippen molar-refractivity contribution in [1.82, 2.24) is 5.32 Å². The van der Waals surface area contributed by atoms with Crippen molar-refractivity contribution >= 4 is 5.91 Å². The molecule has 1 aromatic carbocycles. The summed E-state index contributed by atoms with van der Waals surface area (Å²) < 4.78 is 37.2. The van der Waals surface area contributed by atoms with Gasteiger partial charge in [0.05, 0.1) is 12.0 Å². The summed E-state index contributed by atoms with van der Waals surface area (Å²) in [4.78, 5) is 11.3. The van der Waals surface area contributed by atoms with Crippen LogP contribution >= 0.6 is 0 Å². The minimum absolute atomic E-state index is 0.0717. The average molecular weight is 243 g/mol. The van der Waals surface area contributed by atoms with E-state index in [9.17, 15) is 18.0 Å². The van der Waals surface area contributed by atoms with Crippen LogP contribution in [0.25, 0.3) is 0 Å². The molecule has 0 saturated heterocycles. The highest BCUT2D eigenvalue weighted by Gasteiger charge is 2.30. The molecule has 92 valence electrons. The number of carbonyl (C=O) groups excluding carboxylic acids is 1. The van der Waals surface area contributed by atoms with E-state index in [1.807, 2.05) is 0 Å². The third-order valence-corrected chi connectivity index (χ3v) is 2.06. The van der Waals surface area contributed by atoms with E-state index in [4.69, 9.17) is 0 Å². The first-order chi connectivity index (χ1) is 7.93. The highest BCUT2D eigenvalue weighted by Crippen LogP contribution is 2.29. The Bertz CT molecular complexity index is 412. The average Bonchev–Trinajstić information content (AvgIpc) is 2.25. The second-order valence-electron chi connectivity index (χ2n) is 3.47. The van der Waals surface area contributed by atoms with Gasteiger partial charge in [-0.05, 0) is 11.6 Å². The lowest BCUT2D eigenvalue weighted by atomic mass is 10.1. The summed E-state index contributed by atoms with van der Waals surface area (Å²) in [5, 5.41) is 2.50. The molecule has 0 radical (unpaired) electrons. The molecule has 5 heteroatoms. The number of amides is 1. The van der Waals surface area contributed by atoms with Gasteiger partial charge in [-0.2, -0.15) is 13.2 Å². The van der Waals surface area contributed by atoms with Gasteiger partial charge in [0.2, 0.25) is 5.91 Å². The molecule has 0 aliphatic rings. The van der Waals surface area contributed by atoms with E-state index < -0.39 is 11.7 Å². The van der Waals surface area contributed by atoms with Gasteiger partial charge in [-0.1, -0.05) is 24.3 Å². The van der Waals surface area contributed by atoms with Crippen LogP contribution in [0.2, 0.25) is 0 Å². The molecule has 1 amide bonds. The van der Waals surface area contributed by atoms with Crippen molar-refractivity contribution in [2.24, 2.45) is 0 Å². The van der Waals surface area contributed by atoms with Crippen molar-refractivity contribution in [2.45, 2.75) is 12.6 Å². The summed E-state index contributed by atoms with van der Waals surface area (Å²) in [5.74, 6) is -0.329. The molecule has 0 atom stereocenters. The van der Waals surface area contributed by atoms with Crippen LogP contribution in [0.5, 0.6) is 0 Å². The molecule has 0 fully saturated rings. The number of halogens is 3. The first-order valence-electron chi connectivity index (χ1n) is 4.97. The van der Waals surface area contributed by atoms with Crippen molar-refractivity contribution in [1.29, 1.82) is 0 Å². The van der Waals surface area contributed by atoms with Gasteiger partial charge in [0.1, 0.15) is 0 Å². The van der Waals surface area contributed by atoms with Crippen molar-refractivity contribution < 1.29 is 18.0 Å². The molecular weight excluding hydrogens is 231 g/mol. The number of hydrogen-bond donors (Lipinski definition) is 1. The van der Waals surface area contributed by atoms with Crippen LogP contribution in [0, 0.1) is 0 Å². The zero-order valence-corrected chi connectivity index (χ0v) is 9.05. The zero-order valence-electron chi connectivity index (χ0n) is 9.05. The number of hydrogen-bond acceptors (Lipinski definition) is 1. The maximum absolute atomic E-state index is 12.4. The summed E-state index contributed by atoms with van der Waals surface area (Å²) in [6, 6.07) is 4.74. The van der Waals surface area contributed by atoms with E-state index in [0.717, 1.165) is 12.1 Å². The molecule has 1 N–H and O–H groups in total. The number of alkyl halides is 3. The predicted molar refractivity (Wildman–Crippen MR) is 58.4 cm³/mol. The number of rotatable bonds is 4. The lowest BCUT2D eigenvalue weighted by Gasteiger charge is -2.08. The lowest BCUT2D eigenvalue weighted by molar-refractivity contribution is -0.137. The molecule has 1 aromatic rings. The molecule has 0 unspecified atom stereocenters. The summed E-state index contributed by atoms with van der Waals surface area (Å²) >= 11 is 0. The van der Waals surface area contributed by atoms with Crippen LogP contribution in [0.1, 0.15) is 11.1 Å². The van der Waals surface area contributed by atoms with Gasteiger partial charge in [0, 0.05) is 6.54 Å². The molecule has 0 heterocycles. The van der Waals surface area contributed by atoms with Gasteiger partial charge in [-0.25, -0.2) is 0 Å². The van der Waals surface area contributed by atoms with Crippen LogP contribution in [0.4, 0.5) is 13.2 Å². The molecule has 2 nitrogen and oxygen atoms in total. The molecule has 1 rings (SSSR count). The lowest BCUT2D eigenvalue weighted by Crippen LogP contribution is -2.25. The van der Waals surface area contributed by atoms with Crippen LogP contribution in [0.3, 0.4) is 0 Å². The van der Waals surface area contributed by atoms with Crippen molar-refractivity contribution in [3.05, 3.63) is 48.0 Å². The Morgan fingerprint density at radius 3 is 2.71 bits per heavy atom. The fraction of sp³-hybridized carbons (Fsp3) is 0.250. The number of nitrogens with one attached hydrogen (secondary N) is 1. The predicted octanol–water partition coefficient (Wildman–Crippen LogP) is 2.55. The van der Waals surface area contributed by atoms with Gasteiger partial charge in [0.15, 0.2) is 0 Å². The van der Waals surface area contributed by atoms with Crippen LogP contribution in [-0.4, -0.2) is 12.5 Å². The molecule has 0 spiro atoms. The van der Waals surface area contributed by atoms with E-state index in [1.54, 1.807) is 0 Å². The standard InChI is InChI=1S/C12H12F3NO/c1-2-6-16-11(17)8-9-4-3-5-10(7-9)12(13,14)15/h2-5,7H,1,6,8H2,(H,16,17). The van der Waals surface area contributed by atoms with E-state index in [-0.39, 0.29) is 12.3 Å². The summed E-state index contributed by atoms with van der Waals surface area (Å²) in [6.45, 7) is 3.73. The Hall–Kier alpha value is -1.78. The molecule has 0 bridgehead atoms. The molecule has 17 heavy (non-hydrogen) atoms. The number of benzene rings is 1. The molecule has 0 saturated carbocycles. The Labute approximate surface area is 97.1 Å². The smallest absolute Gasteiger partial charge is 0.352 e. The summed E-state index contributed by atoms with van der Waals surface area (Å²) in [7, 11) is 0. The minimum atomic E-state index is -4.38.